The molecule has 1 aromatic rings. The van der Waals surface area contributed by atoms with Crippen molar-refractivity contribution in [2.75, 3.05) is 30.9 Å². The molecule has 0 fully saturated rings. The maximum absolute atomic E-state index is 12.4. The summed E-state index contributed by atoms with van der Waals surface area (Å²) >= 11 is 0. The summed E-state index contributed by atoms with van der Waals surface area (Å²) in [7, 11) is 3.38. The molecule has 0 bridgehead atoms. The van der Waals surface area contributed by atoms with Gasteiger partial charge in [-0.1, -0.05) is 13.3 Å². The van der Waals surface area contributed by atoms with Crippen LogP contribution in [0.1, 0.15) is 18.9 Å². The third-order valence-electron chi connectivity index (χ3n) is 2.43. The van der Waals surface area contributed by atoms with Crippen LogP contribution in [0.4, 0.5) is 20.4 Å². The van der Waals surface area contributed by atoms with Crippen LogP contribution in [0.3, 0.4) is 0 Å². The molecule has 1 N–H and O–H groups in total. The maximum Gasteiger partial charge on any atom is 0.255 e. The minimum atomic E-state index is -2.37. The van der Waals surface area contributed by atoms with Crippen LogP contribution in [0.2, 0.25) is 0 Å². The van der Waals surface area contributed by atoms with Crippen LogP contribution in [0.5, 0.6) is 0 Å². The minimum Gasteiger partial charge on any atom is -0.373 e. The Morgan fingerprint density at radius 1 is 1.41 bits per heavy atom. The maximum atomic E-state index is 12.4. The van der Waals surface area contributed by atoms with E-state index in [-0.39, 0.29) is 6.54 Å². The highest BCUT2D eigenvalue weighted by Gasteiger charge is 2.16. The van der Waals surface area contributed by atoms with Crippen molar-refractivity contribution in [2.24, 2.45) is 0 Å². The van der Waals surface area contributed by atoms with E-state index in [0.717, 1.165) is 18.4 Å². The lowest BCUT2D eigenvalue weighted by atomic mass is 10.1. The Hall–Kier alpha value is -1.46. The molecule has 0 amide bonds. The Balaban J connectivity index is 3.04. The zero-order chi connectivity index (χ0) is 12.8. The van der Waals surface area contributed by atoms with Gasteiger partial charge in [0.15, 0.2) is 0 Å². The summed E-state index contributed by atoms with van der Waals surface area (Å²) in [6, 6.07) is 0. The van der Waals surface area contributed by atoms with E-state index >= 15 is 0 Å². The number of hydrogen-bond donors (Lipinski definition) is 1. The first-order valence-corrected chi connectivity index (χ1v) is 5.61. The SMILES string of the molecule is CCCc1c(NC)ncnc1N(C)CC(F)F. The van der Waals surface area contributed by atoms with Crippen molar-refractivity contribution in [1.82, 2.24) is 9.97 Å². The van der Waals surface area contributed by atoms with E-state index in [0.29, 0.717) is 11.6 Å². The number of nitrogens with one attached hydrogen (secondary N) is 1. The van der Waals surface area contributed by atoms with Gasteiger partial charge in [0.2, 0.25) is 0 Å². The number of halogens is 2. The third-order valence-corrected chi connectivity index (χ3v) is 2.43. The molecule has 0 aliphatic rings. The quantitative estimate of drug-likeness (QED) is 0.832. The van der Waals surface area contributed by atoms with Crippen molar-refractivity contribution in [3.8, 4) is 0 Å². The summed E-state index contributed by atoms with van der Waals surface area (Å²) in [6.45, 7) is 1.71. The second kappa shape index (κ2) is 6.32. The van der Waals surface area contributed by atoms with Crippen LogP contribution in [0, 0.1) is 0 Å². The molecule has 1 rings (SSSR count). The zero-order valence-corrected chi connectivity index (χ0v) is 10.4. The van der Waals surface area contributed by atoms with Crippen molar-refractivity contribution in [1.29, 1.82) is 0 Å². The molecule has 0 saturated heterocycles. The molecule has 1 aromatic heterocycles. The summed E-state index contributed by atoms with van der Waals surface area (Å²) in [6.07, 6.45) is 0.697. The van der Waals surface area contributed by atoms with Crippen LogP contribution in [-0.2, 0) is 6.42 Å². The van der Waals surface area contributed by atoms with E-state index in [9.17, 15) is 8.78 Å². The summed E-state index contributed by atoms with van der Waals surface area (Å²) < 4.78 is 24.7. The second-order valence-electron chi connectivity index (χ2n) is 3.80. The highest BCUT2D eigenvalue weighted by atomic mass is 19.3. The van der Waals surface area contributed by atoms with Gasteiger partial charge in [-0.15, -0.1) is 0 Å². The lowest BCUT2D eigenvalue weighted by Gasteiger charge is -2.21. The van der Waals surface area contributed by atoms with E-state index in [1.54, 1.807) is 14.1 Å². The average molecular weight is 244 g/mol. The Labute approximate surface area is 100 Å². The first kappa shape index (κ1) is 13.6. The molecule has 0 saturated carbocycles. The van der Waals surface area contributed by atoms with E-state index in [2.05, 4.69) is 15.3 Å². The fraction of sp³-hybridized carbons (Fsp3) is 0.636. The lowest BCUT2D eigenvalue weighted by Crippen LogP contribution is -2.26. The van der Waals surface area contributed by atoms with Gasteiger partial charge in [0.25, 0.3) is 6.43 Å². The molecule has 0 aliphatic heterocycles. The number of aromatic nitrogens is 2. The lowest BCUT2D eigenvalue weighted by molar-refractivity contribution is 0.156. The van der Waals surface area contributed by atoms with E-state index in [1.807, 2.05) is 6.92 Å². The van der Waals surface area contributed by atoms with Gasteiger partial charge < -0.3 is 10.2 Å². The molecule has 0 aromatic carbocycles. The summed E-state index contributed by atoms with van der Waals surface area (Å²) in [4.78, 5) is 9.67. The third kappa shape index (κ3) is 3.51. The number of rotatable bonds is 6. The zero-order valence-electron chi connectivity index (χ0n) is 10.4. The van der Waals surface area contributed by atoms with Gasteiger partial charge in [0.1, 0.15) is 18.0 Å². The predicted molar refractivity (Wildman–Crippen MR) is 64.8 cm³/mol. The van der Waals surface area contributed by atoms with Crippen LogP contribution >= 0.6 is 0 Å². The topological polar surface area (TPSA) is 41.1 Å². The van der Waals surface area contributed by atoms with Gasteiger partial charge in [-0.25, -0.2) is 18.7 Å². The van der Waals surface area contributed by atoms with E-state index in [1.165, 1.54) is 11.2 Å². The normalized spacial score (nSPS) is 10.7. The van der Waals surface area contributed by atoms with Gasteiger partial charge in [-0.3, -0.25) is 0 Å². The van der Waals surface area contributed by atoms with Gasteiger partial charge in [0, 0.05) is 19.7 Å². The second-order valence-corrected chi connectivity index (χ2v) is 3.80. The Morgan fingerprint density at radius 2 is 2.12 bits per heavy atom. The largest absolute Gasteiger partial charge is 0.373 e. The highest BCUT2D eigenvalue weighted by molar-refractivity contribution is 5.58. The first-order valence-electron chi connectivity index (χ1n) is 5.61. The number of anilines is 2. The molecule has 0 atom stereocenters. The molecule has 0 unspecified atom stereocenters. The minimum absolute atomic E-state index is 0.323. The molecular formula is C11H18F2N4. The van der Waals surface area contributed by atoms with Crippen LogP contribution in [0.15, 0.2) is 6.33 Å². The smallest absolute Gasteiger partial charge is 0.255 e. The molecule has 0 aliphatic carbocycles. The molecule has 0 spiro atoms. The van der Waals surface area contributed by atoms with Crippen molar-refractivity contribution in [3.05, 3.63) is 11.9 Å². The van der Waals surface area contributed by atoms with Crippen LogP contribution in [0.25, 0.3) is 0 Å². The Morgan fingerprint density at radius 3 is 2.65 bits per heavy atom. The molecular weight excluding hydrogens is 226 g/mol. The Kier molecular flexibility index (Phi) is 5.06. The fourth-order valence-electron chi connectivity index (χ4n) is 1.72. The molecule has 96 valence electrons. The number of hydrogen-bond acceptors (Lipinski definition) is 4. The monoisotopic (exact) mass is 244 g/mol. The Bertz CT molecular complexity index is 357. The predicted octanol–water partition coefficient (Wildman–Crippen LogP) is 2.17. The van der Waals surface area contributed by atoms with E-state index in [4.69, 9.17) is 0 Å². The van der Waals surface area contributed by atoms with Crippen LogP contribution < -0.4 is 10.2 Å². The standard InChI is InChI=1S/C11H18F2N4/c1-4-5-8-10(14-2)15-7-16-11(8)17(3)6-9(12)13/h7,9H,4-6H2,1-3H3,(H,14,15,16). The van der Waals surface area contributed by atoms with E-state index < -0.39 is 6.43 Å². The summed E-state index contributed by atoms with van der Waals surface area (Å²) in [5, 5.41) is 2.96. The summed E-state index contributed by atoms with van der Waals surface area (Å²) in [5.74, 6) is 1.28. The van der Waals surface area contributed by atoms with Crippen LogP contribution in [-0.4, -0.2) is 37.0 Å². The molecule has 17 heavy (non-hydrogen) atoms. The molecule has 4 nitrogen and oxygen atoms in total. The van der Waals surface area contributed by atoms with Gasteiger partial charge in [-0.05, 0) is 6.42 Å². The highest BCUT2D eigenvalue weighted by Crippen LogP contribution is 2.24. The molecule has 0 radical (unpaired) electrons. The van der Waals surface area contributed by atoms with Crippen molar-refractivity contribution < 1.29 is 8.78 Å². The van der Waals surface area contributed by atoms with Crippen molar-refractivity contribution >= 4 is 11.6 Å². The van der Waals surface area contributed by atoms with Gasteiger partial charge in [-0.2, -0.15) is 0 Å². The van der Waals surface area contributed by atoms with Gasteiger partial charge in [0.05, 0.1) is 6.54 Å². The number of alkyl halides is 2. The fourth-order valence-corrected chi connectivity index (χ4v) is 1.72. The van der Waals surface area contributed by atoms with Gasteiger partial charge >= 0.3 is 0 Å². The van der Waals surface area contributed by atoms with Crippen molar-refractivity contribution in [3.63, 3.8) is 0 Å². The molecule has 1 heterocycles. The average Bonchev–Trinajstić information content (AvgIpc) is 2.28. The van der Waals surface area contributed by atoms with Crippen molar-refractivity contribution in [2.45, 2.75) is 26.2 Å². The molecule has 6 heteroatoms. The first-order chi connectivity index (χ1) is 8.10. The summed E-state index contributed by atoms with van der Waals surface area (Å²) in [5.41, 5.74) is 0.889. The number of nitrogens with zero attached hydrogens (tertiary/aromatic N) is 3.